The van der Waals surface area contributed by atoms with Crippen molar-refractivity contribution in [3.05, 3.63) is 89.7 Å². The minimum absolute atomic E-state index is 0.159. The molecule has 0 saturated carbocycles. The van der Waals surface area contributed by atoms with Crippen molar-refractivity contribution in [1.29, 1.82) is 0 Å². The molecule has 0 fully saturated rings. The monoisotopic (exact) mass is 450 g/mol. The molecular formula is C22H21F3N2O3S. The van der Waals surface area contributed by atoms with Crippen molar-refractivity contribution >= 4 is 15.7 Å². The molecule has 0 aliphatic heterocycles. The van der Waals surface area contributed by atoms with Crippen molar-refractivity contribution in [2.45, 2.75) is 19.1 Å². The summed E-state index contributed by atoms with van der Waals surface area (Å²) in [5, 5.41) is 0. The fourth-order valence-corrected chi connectivity index (χ4v) is 4.41. The molecule has 0 bridgehead atoms. The van der Waals surface area contributed by atoms with Gasteiger partial charge < -0.3 is 4.74 Å². The Morgan fingerprint density at radius 1 is 0.935 bits per heavy atom. The summed E-state index contributed by atoms with van der Waals surface area (Å²) in [6, 6.07) is 17.2. The Labute approximate surface area is 179 Å². The molecule has 2 aromatic carbocycles. The summed E-state index contributed by atoms with van der Waals surface area (Å²) in [6.07, 6.45) is -1.33. The first-order valence-electron chi connectivity index (χ1n) is 9.34. The number of ether oxygens (including phenoxy) is 1. The number of rotatable bonds is 8. The van der Waals surface area contributed by atoms with Crippen LogP contribution in [-0.2, 0) is 23.0 Å². The molecule has 0 saturated heterocycles. The second-order valence-corrected chi connectivity index (χ2v) is 8.82. The van der Waals surface area contributed by atoms with E-state index in [-0.39, 0.29) is 12.2 Å². The van der Waals surface area contributed by atoms with Crippen molar-refractivity contribution in [1.82, 2.24) is 4.98 Å². The molecule has 0 aliphatic rings. The van der Waals surface area contributed by atoms with E-state index in [4.69, 9.17) is 4.74 Å². The summed E-state index contributed by atoms with van der Waals surface area (Å²) >= 11 is 0. The minimum atomic E-state index is -4.85. The molecule has 5 nitrogen and oxygen atoms in total. The first-order chi connectivity index (χ1) is 14.7. The van der Waals surface area contributed by atoms with Crippen LogP contribution in [0.25, 0.3) is 0 Å². The van der Waals surface area contributed by atoms with Gasteiger partial charge in [-0.15, -0.1) is 0 Å². The van der Waals surface area contributed by atoms with Crippen LogP contribution in [0.3, 0.4) is 0 Å². The highest BCUT2D eigenvalue weighted by atomic mass is 32.2. The van der Waals surface area contributed by atoms with Crippen LogP contribution in [0, 0.1) is 0 Å². The lowest BCUT2D eigenvalue weighted by molar-refractivity contribution is -0.106. The maximum absolute atomic E-state index is 12.9. The Bertz CT molecular complexity index is 1090. The number of anilines is 1. The molecule has 0 atom stereocenters. The smallest absolute Gasteiger partial charge is 0.404 e. The first kappa shape index (κ1) is 22.6. The average molecular weight is 450 g/mol. The number of pyridine rings is 1. The summed E-state index contributed by atoms with van der Waals surface area (Å²) in [5.74, 6) is -1.20. The van der Waals surface area contributed by atoms with Crippen LogP contribution in [0.4, 0.5) is 18.9 Å². The van der Waals surface area contributed by atoms with Crippen LogP contribution in [-0.4, -0.2) is 32.4 Å². The molecule has 0 aliphatic carbocycles. The number of alkyl halides is 3. The van der Waals surface area contributed by atoms with Gasteiger partial charge in [0.1, 0.15) is 5.75 Å². The van der Waals surface area contributed by atoms with E-state index in [1.807, 2.05) is 24.3 Å². The highest BCUT2D eigenvalue weighted by Crippen LogP contribution is 2.27. The lowest BCUT2D eigenvalue weighted by Gasteiger charge is -2.25. The van der Waals surface area contributed by atoms with Gasteiger partial charge in [0, 0.05) is 12.4 Å². The maximum atomic E-state index is 12.9. The van der Waals surface area contributed by atoms with Gasteiger partial charge in [0.05, 0.1) is 19.3 Å². The number of nitrogens with zero attached hydrogens (tertiary/aromatic N) is 2. The third-order valence-corrected chi connectivity index (χ3v) is 6.23. The molecule has 0 amide bonds. The topological polar surface area (TPSA) is 59.5 Å². The van der Waals surface area contributed by atoms with Gasteiger partial charge in [0.15, 0.2) is 5.75 Å². The standard InChI is InChI=1S/C22H21F3N2O3S/c1-30-21-10-6-18(7-11-21)13-17-4-8-20(9-5-17)27(15-19-3-2-12-26-14-19)31(28,29)16-22(23,24)25/h2-12,14H,13,15-16H2,1H3. The van der Waals surface area contributed by atoms with Gasteiger partial charge in [0.25, 0.3) is 0 Å². The third kappa shape index (κ3) is 6.45. The quantitative estimate of drug-likeness (QED) is 0.504. The Morgan fingerprint density at radius 2 is 1.55 bits per heavy atom. The van der Waals surface area contributed by atoms with Gasteiger partial charge >= 0.3 is 6.18 Å². The molecule has 31 heavy (non-hydrogen) atoms. The molecule has 1 aromatic heterocycles. The van der Waals surface area contributed by atoms with E-state index in [0.717, 1.165) is 21.2 Å². The zero-order valence-electron chi connectivity index (χ0n) is 16.7. The number of hydrogen-bond donors (Lipinski definition) is 0. The number of hydrogen-bond acceptors (Lipinski definition) is 4. The van der Waals surface area contributed by atoms with Gasteiger partial charge in [-0.05, 0) is 53.4 Å². The Kier molecular flexibility index (Phi) is 6.84. The normalized spacial score (nSPS) is 11.9. The highest BCUT2D eigenvalue weighted by molar-refractivity contribution is 7.92. The molecule has 9 heteroatoms. The van der Waals surface area contributed by atoms with Crippen LogP contribution < -0.4 is 9.04 Å². The second kappa shape index (κ2) is 9.38. The van der Waals surface area contributed by atoms with Crippen molar-refractivity contribution in [3.63, 3.8) is 0 Å². The Hall–Kier alpha value is -3.07. The molecular weight excluding hydrogens is 429 g/mol. The number of sulfonamides is 1. The summed E-state index contributed by atoms with van der Waals surface area (Å²) < 4.78 is 69.7. The molecule has 0 N–H and O–H groups in total. The third-order valence-electron chi connectivity index (χ3n) is 4.52. The second-order valence-electron chi connectivity index (χ2n) is 6.93. The van der Waals surface area contributed by atoms with E-state index in [2.05, 4.69) is 4.98 Å². The molecule has 1 heterocycles. The van der Waals surface area contributed by atoms with Gasteiger partial charge in [-0.2, -0.15) is 13.2 Å². The van der Waals surface area contributed by atoms with Crippen molar-refractivity contribution in [3.8, 4) is 5.75 Å². The molecule has 0 unspecified atom stereocenters. The average Bonchev–Trinajstić information content (AvgIpc) is 2.72. The highest BCUT2D eigenvalue weighted by Gasteiger charge is 2.38. The van der Waals surface area contributed by atoms with Gasteiger partial charge in [0.2, 0.25) is 10.0 Å². The summed E-state index contributed by atoms with van der Waals surface area (Å²) in [5.41, 5.74) is 2.55. The SMILES string of the molecule is COc1ccc(Cc2ccc(N(Cc3cccnc3)S(=O)(=O)CC(F)(F)F)cc2)cc1. The first-order valence-corrected chi connectivity index (χ1v) is 11.0. The zero-order chi connectivity index (χ0) is 22.5. The predicted molar refractivity (Wildman–Crippen MR) is 113 cm³/mol. The van der Waals surface area contributed by atoms with Crippen LogP contribution in [0.1, 0.15) is 16.7 Å². The van der Waals surface area contributed by atoms with Crippen molar-refractivity contribution in [2.24, 2.45) is 0 Å². The maximum Gasteiger partial charge on any atom is 0.404 e. The lowest BCUT2D eigenvalue weighted by atomic mass is 10.0. The van der Waals surface area contributed by atoms with Crippen LogP contribution in [0.15, 0.2) is 73.1 Å². The number of aromatic nitrogens is 1. The van der Waals surface area contributed by atoms with E-state index < -0.39 is 22.0 Å². The predicted octanol–water partition coefficient (Wildman–Crippen LogP) is 4.58. The minimum Gasteiger partial charge on any atom is -0.497 e. The molecule has 0 radical (unpaired) electrons. The largest absolute Gasteiger partial charge is 0.497 e. The summed E-state index contributed by atoms with van der Waals surface area (Å²) in [4.78, 5) is 3.91. The van der Waals surface area contributed by atoms with Crippen LogP contribution >= 0.6 is 0 Å². The van der Waals surface area contributed by atoms with E-state index in [1.165, 1.54) is 24.5 Å². The van der Waals surface area contributed by atoms with E-state index in [0.29, 0.717) is 12.0 Å². The lowest BCUT2D eigenvalue weighted by Crippen LogP contribution is -2.37. The fourth-order valence-electron chi connectivity index (χ4n) is 3.05. The zero-order valence-corrected chi connectivity index (χ0v) is 17.5. The Morgan fingerprint density at radius 3 is 2.06 bits per heavy atom. The summed E-state index contributed by atoms with van der Waals surface area (Å²) in [7, 11) is -3.06. The van der Waals surface area contributed by atoms with Gasteiger partial charge in [-0.25, -0.2) is 8.42 Å². The van der Waals surface area contributed by atoms with Gasteiger partial charge in [-0.3, -0.25) is 9.29 Å². The molecule has 3 rings (SSSR count). The number of methoxy groups -OCH3 is 1. The van der Waals surface area contributed by atoms with Gasteiger partial charge in [-0.1, -0.05) is 30.3 Å². The van der Waals surface area contributed by atoms with Crippen LogP contribution in [0.5, 0.6) is 5.75 Å². The molecule has 3 aromatic rings. The Balaban J connectivity index is 1.85. The van der Waals surface area contributed by atoms with E-state index >= 15 is 0 Å². The number of halogens is 3. The molecule has 0 spiro atoms. The van der Waals surface area contributed by atoms with Crippen molar-refractivity contribution < 1.29 is 26.3 Å². The fraction of sp³-hybridized carbons (Fsp3) is 0.227. The van der Waals surface area contributed by atoms with E-state index in [9.17, 15) is 21.6 Å². The van der Waals surface area contributed by atoms with Crippen molar-refractivity contribution in [2.75, 3.05) is 17.2 Å². The molecule has 164 valence electrons. The number of benzene rings is 2. The van der Waals surface area contributed by atoms with Crippen LogP contribution in [0.2, 0.25) is 0 Å². The summed E-state index contributed by atoms with van der Waals surface area (Å²) in [6.45, 7) is -0.246. The van der Waals surface area contributed by atoms with E-state index in [1.54, 1.807) is 31.4 Å².